The molecule has 0 aliphatic heterocycles. The molecule has 0 spiro atoms. The molecule has 0 bridgehead atoms. The molecule has 2 aromatic heterocycles. The minimum Gasteiger partial charge on any atom is -0.373 e. The molecule has 3 N–H and O–H groups in total. The van der Waals surface area contributed by atoms with Crippen LogP contribution in [0.4, 0.5) is 5.82 Å². The maximum absolute atomic E-state index is 11.7. The second kappa shape index (κ2) is 5.08. The number of primary amides is 1. The summed E-state index contributed by atoms with van der Waals surface area (Å²) in [6.45, 7) is 2.09. The van der Waals surface area contributed by atoms with E-state index in [1.165, 1.54) is 0 Å². The maximum atomic E-state index is 11.7. The molecule has 2 heterocycles. The van der Waals surface area contributed by atoms with Crippen LogP contribution >= 0.6 is 22.6 Å². The highest BCUT2D eigenvalue weighted by Gasteiger charge is 2.51. The first kappa shape index (κ1) is 14.5. The minimum absolute atomic E-state index is 0.275. The zero-order chi connectivity index (χ0) is 15.2. The zero-order valence-electron chi connectivity index (χ0n) is 12.0. The van der Waals surface area contributed by atoms with Crippen molar-refractivity contribution in [2.24, 2.45) is 5.73 Å². The van der Waals surface area contributed by atoms with Crippen molar-refractivity contribution in [1.82, 2.24) is 9.97 Å². The Hall–Kier alpha value is -1.44. The second-order valence-electron chi connectivity index (χ2n) is 5.39. The van der Waals surface area contributed by atoms with E-state index in [1.54, 1.807) is 6.20 Å². The SMILES string of the molecule is CCc1nc(NC)c2cnc(C3(C(N)=O)CC3)cc2c1I. The first-order valence-electron chi connectivity index (χ1n) is 6.99. The molecule has 110 valence electrons. The van der Waals surface area contributed by atoms with Gasteiger partial charge in [-0.25, -0.2) is 4.98 Å². The molecule has 1 aliphatic carbocycles. The molecule has 2 aromatic rings. The lowest BCUT2D eigenvalue weighted by Gasteiger charge is -2.15. The van der Waals surface area contributed by atoms with Crippen LogP contribution in [0, 0.1) is 3.57 Å². The van der Waals surface area contributed by atoms with Gasteiger partial charge >= 0.3 is 0 Å². The van der Waals surface area contributed by atoms with Gasteiger partial charge in [-0.15, -0.1) is 0 Å². The zero-order valence-corrected chi connectivity index (χ0v) is 14.2. The van der Waals surface area contributed by atoms with Crippen LogP contribution in [0.15, 0.2) is 12.3 Å². The number of carbonyl (C=O) groups excluding carboxylic acids is 1. The number of aromatic nitrogens is 2. The van der Waals surface area contributed by atoms with Gasteiger partial charge in [0.2, 0.25) is 5.91 Å². The normalized spacial score (nSPS) is 16.0. The molecule has 3 rings (SSSR count). The number of nitrogens with zero attached hydrogens (tertiary/aromatic N) is 2. The number of aryl methyl sites for hydroxylation is 1. The Balaban J connectivity index is 2.26. The van der Waals surface area contributed by atoms with Crippen LogP contribution in [0.5, 0.6) is 0 Å². The highest BCUT2D eigenvalue weighted by molar-refractivity contribution is 14.1. The summed E-state index contributed by atoms with van der Waals surface area (Å²) in [6, 6.07) is 2.01. The van der Waals surface area contributed by atoms with E-state index >= 15 is 0 Å². The van der Waals surface area contributed by atoms with Gasteiger partial charge in [-0.2, -0.15) is 0 Å². The third kappa shape index (κ3) is 2.16. The number of pyridine rings is 2. The van der Waals surface area contributed by atoms with Crippen LogP contribution in [-0.4, -0.2) is 22.9 Å². The lowest BCUT2D eigenvalue weighted by atomic mass is 9.99. The lowest BCUT2D eigenvalue weighted by molar-refractivity contribution is -0.120. The number of nitrogens with two attached hydrogens (primary N) is 1. The molecular formula is C15H17IN4O. The van der Waals surface area contributed by atoms with E-state index in [2.05, 4.69) is 44.8 Å². The van der Waals surface area contributed by atoms with E-state index in [4.69, 9.17) is 5.73 Å². The molecule has 21 heavy (non-hydrogen) atoms. The number of rotatable bonds is 4. The quantitative estimate of drug-likeness (QED) is 0.778. The Bertz CT molecular complexity index is 740. The fraction of sp³-hybridized carbons (Fsp3) is 0.400. The fourth-order valence-electron chi connectivity index (χ4n) is 2.67. The van der Waals surface area contributed by atoms with Gasteiger partial charge in [-0.1, -0.05) is 6.92 Å². The summed E-state index contributed by atoms with van der Waals surface area (Å²) in [6.07, 6.45) is 4.25. The summed E-state index contributed by atoms with van der Waals surface area (Å²) in [4.78, 5) is 20.8. The minimum atomic E-state index is -0.549. The molecule has 0 aromatic carbocycles. The van der Waals surface area contributed by atoms with Gasteiger partial charge in [0, 0.05) is 27.6 Å². The Morgan fingerprint density at radius 1 is 1.48 bits per heavy atom. The molecular weight excluding hydrogens is 379 g/mol. The number of nitrogens with one attached hydrogen (secondary N) is 1. The highest BCUT2D eigenvalue weighted by atomic mass is 127. The number of carbonyl (C=O) groups is 1. The van der Waals surface area contributed by atoms with E-state index in [-0.39, 0.29) is 5.91 Å². The van der Waals surface area contributed by atoms with Crippen molar-refractivity contribution in [1.29, 1.82) is 0 Å². The largest absolute Gasteiger partial charge is 0.373 e. The number of fused-ring (bicyclic) bond motifs is 1. The van der Waals surface area contributed by atoms with Crippen LogP contribution in [0.2, 0.25) is 0 Å². The van der Waals surface area contributed by atoms with Gasteiger partial charge in [0.25, 0.3) is 0 Å². The average molecular weight is 396 g/mol. The van der Waals surface area contributed by atoms with Gasteiger partial charge in [0.15, 0.2) is 0 Å². The monoisotopic (exact) mass is 396 g/mol. The molecule has 5 nitrogen and oxygen atoms in total. The van der Waals surface area contributed by atoms with Crippen molar-refractivity contribution < 1.29 is 4.79 Å². The Labute approximate surface area is 136 Å². The molecule has 0 saturated heterocycles. The number of amides is 1. The smallest absolute Gasteiger partial charge is 0.229 e. The van der Waals surface area contributed by atoms with Crippen molar-refractivity contribution in [2.45, 2.75) is 31.6 Å². The first-order chi connectivity index (χ1) is 10.0. The Kier molecular flexibility index (Phi) is 3.51. The predicted octanol–water partition coefficient (Wildman–Crippen LogP) is 2.36. The van der Waals surface area contributed by atoms with Gasteiger partial charge < -0.3 is 11.1 Å². The summed E-state index contributed by atoms with van der Waals surface area (Å²) >= 11 is 2.32. The fourth-order valence-corrected chi connectivity index (χ4v) is 3.61. The van der Waals surface area contributed by atoms with Gasteiger partial charge in [-0.3, -0.25) is 9.78 Å². The highest BCUT2D eigenvalue weighted by Crippen LogP contribution is 2.48. The van der Waals surface area contributed by atoms with Crippen LogP contribution in [0.1, 0.15) is 31.2 Å². The number of anilines is 1. The molecule has 1 fully saturated rings. The summed E-state index contributed by atoms with van der Waals surface area (Å²) in [5.74, 6) is 0.549. The second-order valence-corrected chi connectivity index (χ2v) is 6.46. The molecule has 0 radical (unpaired) electrons. The van der Waals surface area contributed by atoms with E-state index in [1.807, 2.05) is 13.1 Å². The molecule has 1 amide bonds. The number of hydrogen-bond donors (Lipinski definition) is 2. The standard InChI is InChI=1S/C15H17IN4O/c1-3-10-12(16)8-6-11(15(4-5-15)14(17)21)19-7-9(8)13(18-2)20-10/h6-7H,3-5H2,1-2H3,(H2,17,21)(H,18,20). The Morgan fingerprint density at radius 2 is 2.19 bits per heavy atom. The number of hydrogen-bond acceptors (Lipinski definition) is 4. The molecule has 0 unspecified atom stereocenters. The molecule has 1 saturated carbocycles. The van der Waals surface area contributed by atoms with Crippen LogP contribution in [0.3, 0.4) is 0 Å². The van der Waals surface area contributed by atoms with Gasteiger partial charge in [0.1, 0.15) is 5.82 Å². The number of halogens is 1. The summed E-state index contributed by atoms with van der Waals surface area (Å²) < 4.78 is 1.12. The van der Waals surface area contributed by atoms with E-state index in [0.29, 0.717) is 0 Å². The summed E-state index contributed by atoms with van der Waals surface area (Å²) in [7, 11) is 1.85. The van der Waals surface area contributed by atoms with E-state index in [0.717, 1.165) is 50.8 Å². The van der Waals surface area contributed by atoms with E-state index in [9.17, 15) is 4.79 Å². The van der Waals surface area contributed by atoms with Crippen LogP contribution < -0.4 is 11.1 Å². The Morgan fingerprint density at radius 3 is 2.71 bits per heavy atom. The van der Waals surface area contributed by atoms with Crippen molar-refractivity contribution in [3.63, 3.8) is 0 Å². The maximum Gasteiger partial charge on any atom is 0.229 e. The summed E-state index contributed by atoms with van der Waals surface area (Å²) in [5.41, 5.74) is 6.84. The molecule has 6 heteroatoms. The van der Waals surface area contributed by atoms with Gasteiger partial charge in [-0.05, 0) is 47.9 Å². The third-order valence-corrected chi connectivity index (χ3v) is 5.38. The summed E-state index contributed by atoms with van der Waals surface area (Å²) in [5, 5.41) is 5.18. The van der Waals surface area contributed by atoms with Crippen LogP contribution in [0.25, 0.3) is 10.8 Å². The van der Waals surface area contributed by atoms with Crippen molar-refractivity contribution in [2.75, 3.05) is 12.4 Å². The third-order valence-electron chi connectivity index (χ3n) is 4.18. The van der Waals surface area contributed by atoms with Crippen molar-refractivity contribution in [3.05, 3.63) is 27.2 Å². The van der Waals surface area contributed by atoms with E-state index < -0.39 is 5.41 Å². The molecule has 0 atom stereocenters. The lowest BCUT2D eigenvalue weighted by Crippen LogP contribution is -2.29. The topological polar surface area (TPSA) is 80.9 Å². The van der Waals surface area contributed by atoms with Crippen molar-refractivity contribution >= 4 is 45.1 Å². The average Bonchev–Trinajstić information content (AvgIpc) is 3.29. The first-order valence-corrected chi connectivity index (χ1v) is 8.07. The van der Waals surface area contributed by atoms with Gasteiger partial charge in [0.05, 0.1) is 16.8 Å². The predicted molar refractivity (Wildman–Crippen MR) is 91.3 cm³/mol. The van der Waals surface area contributed by atoms with Crippen molar-refractivity contribution in [3.8, 4) is 0 Å². The van der Waals surface area contributed by atoms with Crippen LogP contribution in [-0.2, 0) is 16.6 Å². The molecule has 1 aliphatic rings.